The first-order valence-corrected chi connectivity index (χ1v) is 4.73. The van der Waals surface area contributed by atoms with Crippen molar-refractivity contribution in [1.82, 2.24) is 0 Å². The Bertz CT molecular complexity index is 349. The van der Waals surface area contributed by atoms with Gasteiger partial charge in [0.1, 0.15) is 6.61 Å². The lowest BCUT2D eigenvalue weighted by atomic mass is 10.0. The third-order valence-electron chi connectivity index (χ3n) is 2.48. The third-order valence-corrected chi connectivity index (χ3v) is 2.48. The Balaban J connectivity index is 2.35. The molecule has 1 aliphatic heterocycles. The molecule has 0 atom stereocenters. The minimum atomic E-state index is -0.422. The highest BCUT2D eigenvalue weighted by molar-refractivity contribution is 5.95. The van der Waals surface area contributed by atoms with Crippen molar-refractivity contribution < 1.29 is 9.90 Å². The van der Waals surface area contributed by atoms with E-state index in [0.29, 0.717) is 6.54 Å². The summed E-state index contributed by atoms with van der Waals surface area (Å²) >= 11 is 0. The molecule has 0 spiro atoms. The molecule has 1 aliphatic rings. The first-order valence-electron chi connectivity index (χ1n) is 4.73. The number of carbonyl (C=O) groups is 1. The number of hydrogen-bond acceptors (Lipinski definition) is 2. The van der Waals surface area contributed by atoms with Crippen LogP contribution in [0.15, 0.2) is 18.2 Å². The summed E-state index contributed by atoms with van der Waals surface area (Å²) in [5.41, 5.74) is 2.06. The number of amides is 1. The highest BCUT2D eigenvalue weighted by Gasteiger charge is 2.20. The highest BCUT2D eigenvalue weighted by atomic mass is 16.3. The first kappa shape index (κ1) is 9.21. The maximum atomic E-state index is 11.4. The summed E-state index contributed by atoms with van der Waals surface area (Å²) in [5, 5.41) is 8.81. The average Bonchev–Trinajstić information content (AvgIpc) is 2.27. The lowest BCUT2D eigenvalue weighted by molar-refractivity contribution is -0.121. The summed E-state index contributed by atoms with van der Waals surface area (Å²) < 4.78 is 0. The Kier molecular flexibility index (Phi) is 2.50. The summed E-state index contributed by atoms with van der Waals surface area (Å²) in [6.45, 7) is 0.276. The van der Waals surface area contributed by atoms with Gasteiger partial charge < -0.3 is 10.0 Å². The van der Waals surface area contributed by atoms with E-state index in [1.807, 2.05) is 18.2 Å². The lowest BCUT2D eigenvalue weighted by Gasteiger charge is -2.28. The topological polar surface area (TPSA) is 40.5 Å². The Morgan fingerprint density at radius 1 is 1.64 bits per heavy atom. The van der Waals surface area contributed by atoms with Crippen LogP contribution >= 0.6 is 0 Å². The number of aliphatic hydroxyl groups excluding tert-OH is 1. The fourth-order valence-corrected chi connectivity index (χ4v) is 1.81. The molecule has 73 valence electrons. The van der Waals surface area contributed by atoms with Crippen LogP contribution < -0.4 is 4.90 Å². The van der Waals surface area contributed by atoms with E-state index in [1.165, 1.54) is 0 Å². The van der Waals surface area contributed by atoms with Crippen LogP contribution in [0.25, 0.3) is 0 Å². The Hall–Kier alpha value is -1.35. The molecule has 0 aromatic heterocycles. The van der Waals surface area contributed by atoms with E-state index in [1.54, 1.807) is 4.90 Å². The summed E-state index contributed by atoms with van der Waals surface area (Å²) in [6, 6.07) is 8.59. The third kappa shape index (κ3) is 1.51. The number of anilines is 1. The zero-order valence-electron chi connectivity index (χ0n) is 7.86. The molecule has 1 aromatic carbocycles. The Labute approximate surface area is 83.0 Å². The normalized spacial score (nSPS) is 15.1. The minimum absolute atomic E-state index is 0.231. The van der Waals surface area contributed by atoms with Crippen LogP contribution in [0.4, 0.5) is 5.69 Å². The fourth-order valence-electron chi connectivity index (χ4n) is 1.81. The molecule has 1 heterocycles. The number of rotatable bonds is 1. The van der Waals surface area contributed by atoms with E-state index in [-0.39, 0.29) is 5.91 Å². The molecule has 0 saturated heterocycles. The van der Waals surface area contributed by atoms with Crippen LogP contribution in [0.5, 0.6) is 0 Å². The molecule has 1 radical (unpaired) electrons. The van der Waals surface area contributed by atoms with Crippen molar-refractivity contribution in [2.75, 3.05) is 18.1 Å². The Morgan fingerprint density at radius 3 is 3.29 bits per heavy atom. The predicted molar refractivity (Wildman–Crippen MR) is 53.0 cm³/mol. The monoisotopic (exact) mass is 190 g/mol. The van der Waals surface area contributed by atoms with E-state index in [0.717, 1.165) is 24.1 Å². The number of benzene rings is 1. The van der Waals surface area contributed by atoms with Crippen LogP contribution in [0, 0.1) is 6.07 Å². The van der Waals surface area contributed by atoms with Gasteiger partial charge in [-0.15, -0.1) is 0 Å². The zero-order chi connectivity index (χ0) is 9.97. The van der Waals surface area contributed by atoms with Crippen molar-refractivity contribution in [2.24, 2.45) is 0 Å². The van der Waals surface area contributed by atoms with Gasteiger partial charge in [-0.05, 0) is 30.5 Å². The van der Waals surface area contributed by atoms with E-state index in [9.17, 15) is 4.79 Å². The highest BCUT2D eigenvalue weighted by Crippen LogP contribution is 2.26. The predicted octanol–water partition coefficient (Wildman–Crippen LogP) is 0.758. The quantitative estimate of drug-likeness (QED) is 0.710. The maximum Gasteiger partial charge on any atom is 0.252 e. The van der Waals surface area contributed by atoms with Gasteiger partial charge >= 0.3 is 0 Å². The van der Waals surface area contributed by atoms with E-state index >= 15 is 0 Å². The SMILES string of the molecule is O=C(CO)N1CCCc2cc[c]cc21. The first-order chi connectivity index (χ1) is 6.83. The molecule has 1 aromatic rings. The molecule has 1 amide bonds. The second kappa shape index (κ2) is 3.80. The second-order valence-corrected chi connectivity index (χ2v) is 3.36. The fraction of sp³-hybridized carbons (Fsp3) is 0.364. The van der Waals surface area contributed by atoms with Gasteiger partial charge in [0.25, 0.3) is 5.91 Å². The van der Waals surface area contributed by atoms with Crippen molar-refractivity contribution in [3.63, 3.8) is 0 Å². The van der Waals surface area contributed by atoms with Gasteiger partial charge in [0.15, 0.2) is 0 Å². The van der Waals surface area contributed by atoms with Gasteiger partial charge in [0.05, 0.1) is 0 Å². The molecule has 0 bridgehead atoms. The second-order valence-electron chi connectivity index (χ2n) is 3.36. The van der Waals surface area contributed by atoms with Crippen molar-refractivity contribution in [3.05, 3.63) is 29.8 Å². The number of aliphatic hydroxyl groups is 1. The summed E-state index contributed by atoms with van der Waals surface area (Å²) in [6.07, 6.45) is 1.96. The molecule has 3 heteroatoms. The van der Waals surface area contributed by atoms with Crippen LogP contribution in [0.1, 0.15) is 12.0 Å². The number of fused-ring (bicyclic) bond motifs is 1. The van der Waals surface area contributed by atoms with Gasteiger partial charge in [-0.25, -0.2) is 0 Å². The molecule has 0 fully saturated rings. The molecular weight excluding hydrogens is 178 g/mol. The van der Waals surface area contributed by atoms with Gasteiger partial charge in [0.2, 0.25) is 0 Å². The molecular formula is C11H12NO2. The number of aryl methyl sites for hydroxylation is 1. The van der Waals surface area contributed by atoms with Crippen molar-refractivity contribution in [1.29, 1.82) is 0 Å². The lowest BCUT2D eigenvalue weighted by Crippen LogP contribution is -2.37. The van der Waals surface area contributed by atoms with Crippen LogP contribution in [0.3, 0.4) is 0 Å². The molecule has 1 N–H and O–H groups in total. The van der Waals surface area contributed by atoms with Crippen molar-refractivity contribution in [3.8, 4) is 0 Å². The van der Waals surface area contributed by atoms with Crippen molar-refractivity contribution in [2.45, 2.75) is 12.8 Å². The maximum absolute atomic E-state index is 11.4. The van der Waals surface area contributed by atoms with Crippen LogP contribution in [-0.2, 0) is 11.2 Å². The Morgan fingerprint density at radius 2 is 2.50 bits per heavy atom. The van der Waals surface area contributed by atoms with Gasteiger partial charge in [-0.2, -0.15) is 0 Å². The molecule has 14 heavy (non-hydrogen) atoms. The van der Waals surface area contributed by atoms with E-state index in [2.05, 4.69) is 6.07 Å². The summed E-state index contributed by atoms with van der Waals surface area (Å²) in [7, 11) is 0. The smallest absolute Gasteiger partial charge is 0.252 e. The molecule has 2 rings (SSSR count). The van der Waals surface area contributed by atoms with Gasteiger partial charge in [0, 0.05) is 12.2 Å². The standard InChI is InChI=1S/C11H12NO2/c13-8-11(14)12-7-3-5-9-4-1-2-6-10(9)12/h1,4,6,13H,3,5,7-8H2. The van der Waals surface area contributed by atoms with Gasteiger partial charge in [-0.1, -0.05) is 12.1 Å². The summed E-state index contributed by atoms with van der Waals surface area (Å²) in [4.78, 5) is 13.0. The largest absolute Gasteiger partial charge is 0.387 e. The molecule has 0 unspecified atom stereocenters. The minimum Gasteiger partial charge on any atom is -0.387 e. The number of carbonyl (C=O) groups excluding carboxylic acids is 1. The number of nitrogens with zero attached hydrogens (tertiary/aromatic N) is 1. The van der Waals surface area contributed by atoms with E-state index in [4.69, 9.17) is 5.11 Å². The average molecular weight is 190 g/mol. The molecule has 0 saturated carbocycles. The van der Waals surface area contributed by atoms with Crippen molar-refractivity contribution >= 4 is 11.6 Å². The zero-order valence-corrected chi connectivity index (χ0v) is 7.86. The van der Waals surface area contributed by atoms with E-state index < -0.39 is 6.61 Å². The molecule has 0 aliphatic carbocycles. The van der Waals surface area contributed by atoms with Crippen LogP contribution in [-0.4, -0.2) is 24.2 Å². The molecule has 3 nitrogen and oxygen atoms in total. The summed E-state index contributed by atoms with van der Waals surface area (Å²) in [5.74, 6) is -0.231. The van der Waals surface area contributed by atoms with Crippen LogP contribution in [0.2, 0.25) is 0 Å². The van der Waals surface area contributed by atoms with Gasteiger partial charge in [-0.3, -0.25) is 4.79 Å². The number of hydrogen-bond donors (Lipinski definition) is 1.